The SMILES string of the molecule is O=S(=O)(N[C@@H](c1ccc(Br)cc1)C(Cl)(Cl)Cl)c1ccccc1. The highest BCUT2D eigenvalue weighted by atomic mass is 79.9. The van der Waals surface area contributed by atoms with Gasteiger partial charge in [-0.05, 0) is 29.8 Å². The number of hydrogen-bond acceptors (Lipinski definition) is 2. The van der Waals surface area contributed by atoms with Crippen molar-refractivity contribution in [3.8, 4) is 0 Å². The van der Waals surface area contributed by atoms with E-state index in [4.69, 9.17) is 34.8 Å². The van der Waals surface area contributed by atoms with Crippen molar-refractivity contribution in [1.29, 1.82) is 0 Å². The van der Waals surface area contributed by atoms with Gasteiger partial charge in [0.25, 0.3) is 0 Å². The van der Waals surface area contributed by atoms with E-state index in [1.807, 2.05) is 0 Å². The van der Waals surface area contributed by atoms with Crippen LogP contribution < -0.4 is 4.72 Å². The minimum absolute atomic E-state index is 0.103. The summed E-state index contributed by atoms with van der Waals surface area (Å²) in [6.45, 7) is 0. The van der Waals surface area contributed by atoms with Gasteiger partial charge in [0.1, 0.15) is 0 Å². The van der Waals surface area contributed by atoms with E-state index in [2.05, 4.69) is 20.7 Å². The standard InChI is InChI=1S/C14H11BrCl3NO2S/c15-11-8-6-10(7-9-11)13(14(16,17)18)19-22(20,21)12-4-2-1-3-5-12/h1-9,13,19H/t13-/m0/s1. The lowest BCUT2D eigenvalue weighted by Crippen LogP contribution is -2.36. The predicted molar refractivity (Wildman–Crippen MR) is 93.9 cm³/mol. The Hall–Kier alpha value is -0.300. The van der Waals surface area contributed by atoms with Crippen molar-refractivity contribution < 1.29 is 8.42 Å². The van der Waals surface area contributed by atoms with Crippen LogP contribution in [0.5, 0.6) is 0 Å². The molecule has 0 amide bonds. The maximum atomic E-state index is 12.4. The van der Waals surface area contributed by atoms with Crippen molar-refractivity contribution in [2.75, 3.05) is 0 Å². The molecule has 0 radical (unpaired) electrons. The van der Waals surface area contributed by atoms with E-state index in [0.717, 1.165) is 4.47 Å². The Labute approximate surface area is 152 Å². The molecule has 1 atom stereocenters. The molecule has 0 spiro atoms. The van der Waals surface area contributed by atoms with E-state index in [0.29, 0.717) is 5.56 Å². The predicted octanol–water partition coefficient (Wildman–Crippen LogP) is 4.84. The highest BCUT2D eigenvalue weighted by molar-refractivity contribution is 9.10. The Morgan fingerprint density at radius 1 is 0.955 bits per heavy atom. The molecule has 0 heterocycles. The molecule has 0 aliphatic heterocycles. The van der Waals surface area contributed by atoms with Crippen LogP contribution in [-0.4, -0.2) is 12.2 Å². The first kappa shape index (κ1) is 18.0. The smallest absolute Gasteiger partial charge is 0.207 e. The van der Waals surface area contributed by atoms with Gasteiger partial charge in [-0.1, -0.05) is 81.1 Å². The Kier molecular flexibility index (Phi) is 5.80. The van der Waals surface area contributed by atoms with Crippen LogP contribution in [0.4, 0.5) is 0 Å². The van der Waals surface area contributed by atoms with E-state index in [1.54, 1.807) is 42.5 Å². The summed E-state index contributed by atoms with van der Waals surface area (Å²) in [6.07, 6.45) is 0. The van der Waals surface area contributed by atoms with E-state index < -0.39 is 19.9 Å². The Morgan fingerprint density at radius 3 is 2.00 bits per heavy atom. The second-order valence-electron chi connectivity index (χ2n) is 4.46. The summed E-state index contributed by atoms with van der Waals surface area (Å²) in [7, 11) is -3.82. The molecule has 2 rings (SSSR count). The van der Waals surface area contributed by atoms with Gasteiger partial charge in [0.2, 0.25) is 13.8 Å². The minimum atomic E-state index is -3.82. The number of alkyl halides is 3. The highest BCUT2D eigenvalue weighted by Crippen LogP contribution is 2.40. The molecule has 2 aromatic rings. The number of nitrogens with one attached hydrogen (secondary N) is 1. The van der Waals surface area contributed by atoms with Crippen LogP contribution in [-0.2, 0) is 10.0 Å². The van der Waals surface area contributed by atoms with Crippen LogP contribution in [0, 0.1) is 0 Å². The van der Waals surface area contributed by atoms with E-state index in [1.165, 1.54) is 12.1 Å². The highest BCUT2D eigenvalue weighted by Gasteiger charge is 2.37. The van der Waals surface area contributed by atoms with E-state index in [-0.39, 0.29) is 4.90 Å². The average molecular weight is 444 g/mol. The minimum Gasteiger partial charge on any atom is -0.207 e. The zero-order valence-corrected chi connectivity index (χ0v) is 15.7. The molecule has 3 nitrogen and oxygen atoms in total. The van der Waals surface area contributed by atoms with Gasteiger partial charge in [0.05, 0.1) is 10.9 Å². The van der Waals surface area contributed by atoms with Gasteiger partial charge in [-0.25, -0.2) is 8.42 Å². The third-order valence-electron chi connectivity index (χ3n) is 2.86. The second kappa shape index (κ2) is 7.07. The molecular weight excluding hydrogens is 432 g/mol. The molecule has 2 aromatic carbocycles. The van der Waals surface area contributed by atoms with Crippen molar-refractivity contribution in [1.82, 2.24) is 4.72 Å². The molecule has 0 saturated carbocycles. The fraction of sp³-hybridized carbons (Fsp3) is 0.143. The summed E-state index contributed by atoms with van der Waals surface area (Å²) in [5, 5.41) is 0. The van der Waals surface area contributed by atoms with Crippen molar-refractivity contribution in [3.05, 3.63) is 64.6 Å². The van der Waals surface area contributed by atoms with Crippen molar-refractivity contribution >= 4 is 60.8 Å². The normalized spacial score (nSPS) is 13.8. The lowest BCUT2D eigenvalue weighted by molar-refractivity contribution is 0.558. The summed E-state index contributed by atoms with van der Waals surface area (Å²) in [4.78, 5) is 0.103. The molecule has 0 saturated heterocycles. The van der Waals surface area contributed by atoms with Gasteiger partial charge in [0, 0.05) is 4.47 Å². The van der Waals surface area contributed by atoms with Gasteiger partial charge in [-0.3, -0.25) is 0 Å². The maximum absolute atomic E-state index is 12.4. The van der Waals surface area contributed by atoms with Crippen LogP contribution in [0.1, 0.15) is 11.6 Å². The molecule has 0 bridgehead atoms. The fourth-order valence-electron chi connectivity index (χ4n) is 1.80. The first-order chi connectivity index (χ1) is 10.2. The summed E-state index contributed by atoms with van der Waals surface area (Å²) >= 11 is 21.2. The third kappa shape index (κ3) is 4.60. The first-order valence-electron chi connectivity index (χ1n) is 6.10. The molecule has 22 heavy (non-hydrogen) atoms. The maximum Gasteiger partial charge on any atom is 0.241 e. The number of hydrogen-bond donors (Lipinski definition) is 1. The lowest BCUT2D eigenvalue weighted by atomic mass is 10.1. The molecule has 0 fully saturated rings. The summed E-state index contributed by atoms with van der Waals surface area (Å²) in [5.74, 6) is 0. The van der Waals surface area contributed by atoms with Crippen LogP contribution in [0.3, 0.4) is 0 Å². The molecule has 1 N–H and O–H groups in total. The van der Waals surface area contributed by atoms with Crippen LogP contribution in [0.15, 0.2) is 64.0 Å². The van der Waals surface area contributed by atoms with Crippen molar-refractivity contribution in [2.24, 2.45) is 0 Å². The van der Waals surface area contributed by atoms with Gasteiger partial charge < -0.3 is 0 Å². The van der Waals surface area contributed by atoms with Crippen LogP contribution in [0.25, 0.3) is 0 Å². The topological polar surface area (TPSA) is 46.2 Å². The van der Waals surface area contributed by atoms with E-state index >= 15 is 0 Å². The first-order valence-corrected chi connectivity index (χ1v) is 9.51. The average Bonchev–Trinajstić information content (AvgIpc) is 2.46. The molecule has 0 aliphatic rings. The van der Waals surface area contributed by atoms with E-state index in [9.17, 15) is 8.42 Å². The lowest BCUT2D eigenvalue weighted by Gasteiger charge is -2.26. The quantitative estimate of drug-likeness (QED) is 0.688. The number of sulfonamides is 1. The third-order valence-corrected chi connectivity index (χ3v) is 5.48. The zero-order valence-electron chi connectivity index (χ0n) is 11.0. The molecular formula is C14H11BrCl3NO2S. The molecule has 0 aromatic heterocycles. The van der Waals surface area contributed by atoms with Crippen LogP contribution >= 0.6 is 50.7 Å². The zero-order chi connectivity index (χ0) is 16.4. The van der Waals surface area contributed by atoms with Crippen molar-refractivity contribution in [3.63, 3.8) is 0 Å². The second-order valence-corrected chi connectivity index (χ2v) is 9.46. The Balaban J connectivity index is 2.38. The molecule has 0 unspecified atom stereocenters. The number of rotatable bonds is 4. The van der Waals surface area contributed by atoms with Crippen molar-refractivity contribution in [2.45, 2.75) is 14.7 Å². The van der Waals surface area contributed by atoms with Crippen LogP contribution in [0.2, 0.25) is 0 Å². The summed E-state index contributed by atoms with van der Waals surface area (Å²) in [6, 6.07) is 13.8. The Morgan fingerprint density at radius 2 is 1.50 bits per heavy atom. The monoisotopic (exact) mass is 441 g/mol. The molecule has 0 aliphatic carbocycles. The Bertz CT molecular complexity index is 731. The van der Waals surface area contributed by atoms with Gasteiger partial charge >= 0.3 is 0 Å². The van der Waals surface area contributed by atoms with Gasteiger partial charge in [0.15, 0.2) is 0 Å². The molecule has 8 heteroatoms. The molecule has 118 valence electrons. The summed E-state index contributed by atoms with van der Waals surface area (Å²) in [5.41, 5.74) is 0.544. The van der Waals surface area contributed by atoms with Gasteiger partial charge in [-0.2, -0.15) is 4.72 Å². The number of benzene rings is 2. The summed E-state index contributed by atoms with van der Waals surface area (Å²) < 4.78 is 26.3. The number of halogens is 4. The largest absolute Gasteiger partial charge is 0.241 e. The fourth-order valence-corrected chi connectivity index (χ4v) is 4.08. The van der Waals surface area contributed by atoms with Gasteiger partial charge in [-0.15, -0.1) is 0 Å².